The Morgan fingerprint density at radius 3 is 1.06 bits per heavy atom. The molecule has 0 unspecified atom stereocenters. The molecule has 0 radical (unpaired) electrons. The van der Waals surface area contributed by atoms with Crippen molar-refractivity contribution in [3.63, 3.8) is 0 Å². The Morgan fingerprint density at radius 1 is 0.455 bits per heavy atom. The van der Waals surface area contributed by atoms with Crippen molar-refractivity contribution in [2.75, 3.05) is 69.8 Å². The van der Waals surface area contributed by atoms with Crippen LogP contribution < -0.4 is 0 Å². The van der Waals surface area contributed by atoms with Crippen LogP contribution in [0.1, 0.15) is 190 Å². The third kappa shape index (κ3) is 21.7. The number of aliphatic hydroxyl groups is 8. The summed E-state index contributed by atoms with van der Waals surface area (Å²) in [5, 5.41) is 106. The molecular weight excluding hydrogens is 1430 g/mol. The number of nitrogens with zero attached hydrogens (tertiary/aromatic N) is 4. The first kappa shape index (κ1) is 95.6. The molecule has 6 aliphatic heterocycles. The number of methoxy groups -OCH3 is 4. The first-order valence-corrected chi connectivity index (χ1v) is 39.9. The predicted octanol–water partition coefficient (Wildman–Crippen LogP) is 6.06. The van der Waals surface area contributed by atoms with Crippen LogP contribution in [-0.4, -0.2) is 312 Å². The molecule has 36 atom stereocenters. The summed E-state index contributed by atoms with van der Waals surface area (Å²) in [5.74, 6) is -8.56. The highest BCUT2D eigenvalue weighted by Gasteiger charge is 2.58. The molecule has 0 aliphatic carbocycles. The molecule has 8 N–H and O–H groups in total. The zero-order valence-corrected chi connectivity index (χ0v) is 71.3. The third-order valence-corrected chi connectivity index (χ3v) is 25.5. The summed E-state index contributed by atoms with van der Waals surface area (Å²) in [5.41, 5.74) is -8.51. The second kappa shape index (κ2) is 39.8. The number of cyclic esters (lactones) is 2. The van der Waals surface area contributed by atoms with Crippen LogP contribution >= 0.6 is 0 Å². The second-order valence-corrected chi connectivity index (χ2v) is 34.6. The number of carbonyl (C=O) groups excluding carboxylic acids is 2. The van der Waals surface area contributed by atoms with E-state index in [0.29, 0.717) is 24.3 Å². The van der Waals surface area contributed by atoms with E-state index >= 15 is 0 Å². The van der Waals surface area contributed by atoms with E-state index in [-0.39, 0.29) is 76.0 Å². The quantitative estimate of drug-likeness (QED) is 0.0264. The summed E-state index contributed by atoms with van der Waals surface area (Å²) >= 11 is 0. The normalized spacial score (nSPS) is 47.9. The van der Waals surface area contributed by atoms with Gasteiger partial charge < -0.3 is 127 Å². The Kier molecular flexibility index (Phi) is 34.6. The number of oxime groups is 2. The van der Waals surface area contributed by atoms with Gasteiger partial charge >= 0.3 is 11.9 Å². The number of esters is 2. The highest BCUT2D eigenvalue weighted by Crippen LogP contribution is 2.46. The molecule has 0 aromatic carbocycles. The minimum absolute atomic E-state index is 0.0645. The van der Waals surface area contributed by atoms with E-state index in [4.69, 9.17) is 86.3 Å². The molecule has 0 spiro atoms. The molecule has 6 heterocycles. The van der Waals surface area contributed by atoms with Crippen LogP contribution in [0.3, 0.4) is 0 Å². The Bertz CT molecular complexity index is 2780. The Balaban J connectivity index is 1.38. The van der Waals surface area contributed by atoms with E-state index in [2.05, 4.69) is 0 Å². The lowest BCUT2D eigenvalue weighted by Gasteiger charge is -2.50. The zero-order valence-electron chi connectivity index (χ0n) is 71.3. The number of rotatable bonds is 22. The molecule has 0 saturated carbocycles. The molecule has 0 aromatic rings. The smallest absolute Gasteiger partial charge is 0.311 e. The number of hydrogen-bond donors (Lipinski definition) is 8. The van der Waals surface area contributed by atoms with Crippen molar-refractivity contribution < 1.29 is 126 Å². The Hall–Kier alpha value is -3.26. The molecule has 30 nitrogen and oxygen atoms in total. The van der Waals surface area contributed by atoms with E-state index in [0.717, 1.165) is 0 Å². The maximum absolute atomic E-state index is 14.9. The SMILES string of the molecule is CC[C@H]1OC(=O)[C@H](C)[C@@H](O[C@@H]2C[C@](C)(OC)[C@H](O)[C@@H](C)O2)[C@H](C)[C@@H](O[C@H]2O[C@@H](C)C[C@@H](N(C)C)[C@@H]2O)[C@@](C)(OC)C[C@@H](C)/C(=N\OC/C=C/CO/N=C2\[C@H](C)C[C@](C)(OC)[C@H](O[C@@H]3O[C@H](C)C[C@H](N(C)C)[C@H]3O)[C@@H](C)[C@H](O[C@H]3C[C@@](C)(OC)[C@@H](O)[C@H](C)O3)[C@@H](C)C(=O)O[C@H](CC)[C@@](C)(O)[C@H](O)[C@H]2C)[C@H](C)[C@@H](O)[C@]1(C)O. The molecule has 30 heteroatoms. The van der Waals surface area contributed by atoms with Crippen LogP contribution in [0.5, 0.6) is 0 Å². The molecule has 0 bridgehead atoms. The minimum atomic E-state index is -2.08. The van der Waals surface area contributed by atoms with Gasteiger partial charge in [0.1, 0.15) is 61.0 Å². The van der Waals surface area contributed by atoms with Crippen LogP contribution in [0.25, 0.3) is 0 Å². The van der Waals surface area contributed by atoms with Gasteiger partial charge in [0.2, 0.25) is 0 Å². The van der Waals surface area contributed by atoms with Crippen molar-refractivity contribution in [1.29, 1.82) is 0 Å². The highest BCUT2D eigenvalue weighted by molar-refractivity contribution is 5.89. The molecule has 6 rings (SSSR count). The predicted molar refractivity (Wildman–Crippen MR) is 408 cm³/mol. The summed E-state index contributed by atoms with van der Waals surface area (Å²) in [7, 11) is 13.5. The van der Waals surface area contributed by atoms with Gasteiger partial charge in [0, 0.05) is 88.9 Å². The maximum Gasteiger partial charge on any atom is 0.311 e. The van der Waals surface area contributed by atoms with Crippen molar-refractivity contribution in [3.8, 4) is 0 Å². The third-order valence-electron chi connectivity index (χ3n) is 25.5. The van der Waals surface area contributed by atoms with Crippen LogP contribution in [-0.2, 0) is 85.6 Å². The molecule has 0 aromatic heterocycles. The van der Waals surface area contributed by atoms with Gasteiger partial charge in [-0.2, -0.15) is 0 Å². The van der Waals surface area contributed by atoms with Crippen molar-refractivity contribution in [2.45, 2.75) is 358 Å². The fraction of sp³-hybridized carbons (Fsp3) is 0.925. The van der Waals surface area contributed by atoms with Gasteiger partial charge in [0.25, 0.3) is 0 Å². The van der Waals surface area contributed by atoms with Crippen molar-refractivity contribution in [3.05, 3.63) is 12.2 Å². The lowest BCUT2D eigenvalue weighted by molar-refractivity contribution is -0.319. The van der Waals surface area contributed by atoms with Gasteiger partial charge in [-0.05, 0) is 162 Å². The monoisotopic (exact) mass is 1580 g/mol. The van der Waals surface area contributed by atoms with Gasteiger partial charge in [0.05, 0.1) is 107 Å². The molecular formula is C80H144N4O26. The van der Waals surface area contributed by atoms with E-state index in [9.17, 15) is 50.4 Å². The zero-order chi connectivity index (χ0) is 83.0. The number of hydrogen-bond acceptors (Lipinski definition) is 30. The highest BCUT2D eigenvalue weighted by atomic mass is 16.7. The topological polar surface area (TPSA) is 375 Å². The van der Waals surface area contributed by atoms with Gasteiger partial charge in [-0.1, -0.05) is 65.7 Å². The van der Waals surface area contributed by atoms with Crippen molar-refractivity contribution >= 4 is 23.4 Å². The van der Waals surface area contributed by atoms with E-state index < -0.39 is 204 Å². The second-order valence-electron chi connectivity index (χ2n) is 34.6. The summed E-state index contributed by atoms with van der Waals surface area (Å²) in [4.78, 5) is 45.9. The molecule has 0 amide bonds. The summed E-state index contributed by atoms with van der Waals surface area (Å²) < 4.78 is 91.1. The first-order chi connectivity index (χ1) is 51.1. The fourth-order valence-corrected chi connectivity index (χ4v) is 18.0. The number of carbonyl (C=O) groups is 2. The molecule has 6 saturated heterocycles. The molecule has 6 fully saturated rings. The minimum Gasteiger partial charge on any atom is -0.459 e. The summed E-state index contributed by atoms with van der Waals surface area (Å²) in [6.07, 6.45) is -16.3. The van der Waals surface area contributed by atoms with E-state index in [1.807, 2.05) is 93.4 Å². The number of aliphatic hydroxyl groups excluding tert-OH is 6. The average Bonchev–Trinajstić information content (AvgIpc) is 0.771. The molecule has 640 valence electrons. The van der Waals surface area contributed by atoms with Crippen LogP contribution in [0.2, 0.25) is 0 Å². The van der Waals surface area contributed by atoms with Gasteiger partial charge in [-0.15, -0.1) is 0 Å². The van der Waals surface area contributed by atoms with Crippen molar-refractivity contribution in [1.82, 2.24) is 9.80 Å². The standard InChI is InChI=1S/C80H144N4O26/c1-29-55-79(19,93)65(87)45(7)59(41(3)37-77(17,97-27)69(109-73-61(85)53(83(21)22)35-43(5)101-73)47(9)63(49(11)71(91)105-55)107-57-39-75(15,95-25)67(89)51(13)103-57)81-99-33-31-32-34-100-82-60-42(4)38-78(18,98-28)70(110-74-62(86)54(84(23)24)36-44(6)102-74)48(10)64(108-58-40-76(16,96-26)68(90)52(14)104-58)50(12)72(92)106-56(30-2)80(20,94)66(88)46(60)8/h31-32,41-58,61-70,73-74,85-90,93-94H,29-30,33-40H2,1-28H3/b32-31+,81-59+,82-60+/t41-,42-,43-,44+,45+,46+,47+,48+,49-,50-,51+,52-,53+,54-,55-,56-,57+,58-,61-,62+,63+,64+,65-,66-,67+,68-,69-,70-,73+,74-,75-,76+,77+,78+,79-,80-/m1/s1. The lowest BCUT2D eigenvalue weighted by atomic mass is 9.73. The maximum atomic E-state index is 14.9. The fourth-order valence-electron chi connectivity index (χ4n) is 18.0. The largest absolute Gasteiger partial charge is 0.459 e. The van der Waals surface area contributed by atoms with Crippen LogP contribution in [0.4, 0.5) is 0 Å². The first-order valence-electron chi connectivity index (χ1n) is 39.9. The molecule has 110 heavy (non-hydrogen) atoms. The van der Waals surface area contributed by atoms with Crippen LogP contribution in [0.15, 0.2) is 22.5 Å². The Labute approximate surface area is 655 Å². The van der Waals surface area contributed by atoms with Gasteiger partial charge in [-0.25, -0.2) is 0 Å². The van der Waals surface area contributed by atoms with E-state index in [1.165, 1.54) is 42.3 Å². The average molecular weight is 1580 g/mol. The van der Waals surface area contributed by atoms with Crippen molar-refractivity contribution in [2.24, 2.45) is 57.7 Å². The summed E-state index contributed by atoms with van der Waals surface area (Å²) in [6.45, 7) is 34.5. The van der Waals surface area contributed by atoms with Gasteiger partial charge in [-0.3, -0.25) is 9.59 Å². The van der Waals surface area contributed by atoms with Crippen LogP contribution in [0, 0.1) is 47.3 Å². The molecule has 6 aliphatic rings. The lowest BCUT2D eigenvalue weighted by Crippen LogP contribution is -2.61. The number of ether oxygens (including phenoxy) is 14. The Morgan fingerprint density at radius 2 is 0.773 bits per heavy atom. The van der Waals surface area contributed by atoms with Gasteiger partial charge in [0.15, 0.2) is 25.2 Å². The van der Waals surface area contributed by atoms with E-state index in [1.54, 1.807) is 81.4 Å². The summed E-state index contributed by atoms with van der Waals surface area (Å²) in [6, 6.07) is -0.740. The number of likely N-dealkylation sites (N-methyl/N-ethyl adjacent to an activating group) is 2.